The Bertz CT molecular complexity index is 501. The molecule has 2 atom stereocenters. The van der Waals surface area contributed by atoms with Crippen LogP contribution in [0.1, 0.15) is 12.8 Å². The summed E-state index contributed by atoms with van der Waals surface area (Å²) >= 11 is 0. The lowest BCUT2D eigenvalue weighted by Crippen LogP contribution is -2.43. The molecule has 0 saturated carbocycles. The number of fused-ring (bicyclic) bond motifs is 2. The summed E-state index contributed by atoms with van der Waals surface area (Å²) in [5, 5.41) is 0. The number of morpholine rings is 1. The van der Waals surface area contributed by atoms with Gasteiger partial charge in [-0.2, -0.15) is 8.78 Å². The number of nitrogens with zero attached hydrogens (tertiary/aromatic N) is 1. The molecule has 110 valence electrons. The Morgan fingerprint density at radius 1 is 1.25 bits per heavy atom. The maximum atomic E-state index is 13.5. The van der Waals surface area contributed by atoms with E-state index in [1.807, 2.05) is 4.90 Å². The largest absolute Gasteiger partial charge is 0.432 e. The van der Waals surface area contributed by atoms with Gasteiger partial charge in [0.25, 0.3) is 0 Å². The van der Waals surface area contributed by atoms with Crippen LogP contribution < -0.4 is 15.4 Å². The van der Waals surface area contributed by atoms with Crippen molar-refractivity contribution in [2.75, 3.05) is 23.7 Å². The molecule has 1 aromatic carbocycles. The van der Waals surface area contributed by atoms with Gasteiger partial charge in [0.15, 0.2) is 11.6 Å². The third-order valence-corrected chi connectivity index (χ3v) is 3.68. The SMILES string of the molecule is Nc1cc(F)c(OC(F)F)cc1N1CC2CCC(C1)O2. The number of ether oxygens (including phenoxy) is 2. The van der Waals surface area contributed by atoms with Crippen molar-refractivity contribution in [3.05, 3.63) is 17.9 Å². The Hall–Kier alpha value is -1.63. The minimum Gasteiger partial charge on any atom is -0.432 e. The number of halogens is 3. The number of nitrogen functional groups attached to an aromatic ring is 1. The summed E-state index contributed by atoms with van der Waals surface area (Å²) in [4.78, 5) is 1.94. The Balaban J connectivity index is 1.88. The number of benzene rings is 1. The van der Waals surface area contributed by atoms with Crippen molar-refractivity contribution in [2.45, 2.75) is 31.7 Å². The first-order valence-corrected chi connectivity index (χ1v) is 6.47. The van der Waals surface area contributed by atoms with Crippen molar-refractivity contribution >= 4 is 11.4 Å². The molecule has 2 bridgehead atoms. The van der Waals surface area contributed by atoms with Crippen molar-refractivity contribution in [1.29, 1.82) is 0 Å². The summed E-state index contributed by atoms with van der Waals surface area (Å²) in [7, 11) is 0. The zero-order valence-electron chi connectivity index (χ0n) is 10.7. The summed E-state index contributed by atoms with van der Waals surface area (Å²) < 4.78 is 47.9. The number of hydrogen-bond donors (Lipinski definition) is 1. The molecule has 2 aliphatic heterocycles. The highest BCUT2D eigenvalue weighted by Gasteiger charge is 2.34. The predicted molar refractivity (Wildman–Crippen MR) is 67.6 cm³/mol. The van der Waals surface area contributed by atoms with Crippen molar-refractivity contribution in [3.63, 3.8) is 0 Å². The molecule has 2 unspecified atom stereocenters. The van der Waals surface area contributed by atoms with Crippen LogP contribution in [0, 0.1) is 5.82 Å². The molecule has 0 aliphatic carbocycles. The van der Waals surface area contributed by atoms with E-state index in [0.717, 1.165) is 18.9 Å². The van der Waals surface area contributed by atoms with Crippen LogP contribution in [0.3, 0.4) is 0 Å². The van der Waals surface area contributed by atoms with Crippen molar-refractivity contribution in [2.24, 2.45) is 0 Å². The van der Waals surface area contributed by atoms with E-state index in [1.54, 1.807) is 0 Å². The maximum absolute atomic E-state index is 13.5. The zero-order chi connectivity index (χ0) is 14.3. The Kier molecular flexibility index (Phi) is 3.37. The van der Waals surface area contributed by atoms with Gasteiger partial charge in [0.05, 0.1) is 23.6 Å². The molecule has 0 radical (unpaired) electrons. The lowest BCUT2D eigenvalue weighted by atomic mass is 10.2. The number of rotatable bonds is 3. The molecule has 20 heavy (non-hydrogen) atoms. The fourth-order valence-electron chi connectivity index (χ4n) is 2.83. The molecule has 3 rings (SSSR count). The van der Waals surface area contributed by atoms with Gasteiger partial charge in [0, 0.05) is 25.2 Å². The maximum Gasteiger partial charge on any atom is 0.387 e. The molecule has 2 saturated heterocycles. The zero-order valence-corrected chi connectivity index (χ0v) is 10.7. The normalized spacial score (nSPS) is 25.3. The summed E-state index contributed by atoms with van der Waals surface area (Å²) in [5.41, 5.74) is 6.53. The van der Waals surface area contributed by atoms with Gasteiger partial charge < -0.3 is 20.1 Å². The monoisotopic (exact) mass is 288 g/mol. The van der Waals surface area contributed by atoms with Gasteiger partial charge in [-0.3, -0.25) is 0 Å². The van der Waals surface area contributed by atoms with E-state index in [0.29, 0.717) is 18.8 Å². The molecule has 0 amide bonds. The molecule has 0 spiro atoms. The lowest BCUT2D eigenvalue weighted by molar-refractivity contribution is -0.0521. The second kappa shape index (κ2) is 5.05. The summed E-state index contributed by atoms with van der Waals surface area (Å²) in [6.45, 7) is -1.82. The average molecular weight is 288 g/mol. The number of anilines is 2. The van der Waals surface area contributed by atoms with E-state index in [1.165, 1.54) is 6.07 Å². The standard InChI is InChI=1S/C13H15F3N2O2/c14-9-3-10(17)11(4-12(9)20-13(15)16)18-5-7-1-2-8(6-18)19-7/h3-4,7-8,13H,1-2,5-6,17H2. The van der Waals surface area contributed by atoms with Crippen LogP contribution in [0.2, 0.25) is 0 Å². The second-order valence-corrected chi connectivity index (χ2v) is 5.08. The molecule has 0 aromatic heterocycles. The van der Waals surface area contributed by atoms with Gasteiger partial charge in [0.2, 0.25) is 0 Å². The van der Waals surface area contributed by atoms with Crippen LogP contribution in [-0.4, -0.2) is 31.9 Å². The molecular formula is C13H15F3N2O2. The van der Waals surface area contributed by atoms with E-state index >= 15 is 0 Å². The van der Waals surface area contributed by atoms with Gasteiger partial charge in [-0.25, -0.2) is 4.39 Å². The first-order valence-electron chi connectivity index (χ1n) is 6.47. The van der Waals surface area contributed by atoms with Crippen LogP contribution >= 0.6 is 0 Å². The average Bonchev–Trinajstić information content (AvgIpc) is 2.71. The highest BCUT2D eigenvalue weighted by Crippen LogP contribution is 2.36. The second-order valence-electron chi connectivity index (χ2n) is 5.08. The quantitative estimate of drug-likeness (QED) is 0.868. The Morgan fingerprint density at radius 2 is 1.90 bits per heavy atom. The van der Waals surface area contributed by atoms with Gasteiger partial charge in [-0.05, 0) is 12.8 Å². The molecule has 2 fully saturated rings. The smallest absolute Gasteiger partial charge is 0.387 e. The topological polar surface area (TPSA) is 47.7 Å². The van der Waals surface area contributed by atoms with Gasteiger partial charge in [-0.15, -0.1) is 0 Å². The molecule has 2 N–H and O–H groups in total. The van der Waals surface area contributed by atoms with Crippen LogP contribution in [0.5, 0.6) is 5.75 Å². The minimum atomic E-state index is -3.07. The predicted octanol–water partition coefficient (Wildman–Crippen LogP) is 2.38. The third kappa shape index (κ3) is 2.49. The van der Waals surface area contributed by atoms with Crippen molar-refractivity contribution < 1.29 is 22.6 Å². The number of hydrogen-bond acceptors (Lipinski definition) is 4. The van der Waals surface area contributed by atoms with Crippen LogP contribution in [-0.2, 0) is 4.74 Å². The van der Waals surface area contributed by atoms with Gasteiger partial charge in [0.1, 0.15) is 0 Å². The van der Waals surface area contributed by atoms with Crippen LogP contribution in [0.4, 0.5) is 24.5 Å². The van der Waals surface area contributed by atoms with Gasteiger partial charge >= 0.3 is 6.61 Å². The van der Waals surface area contributed by atoms with E-state index in [2.05, 4.69) is 4.74 Å². The molecule has 7 heteroatoms. The van der Waals surface area contributed by atoms with Crippen LogP contribution in [0.15, 0.2) is 12.1 Å². The Labute approximate surface area is 114 Å². The van der Waals surface area contributed by atoms with E-state index in [9.17, 15) is 13.2 Å². The van der Waals surface area contributed by atoms with Crippen molar-refractivity contribution in [1.82, 2.24) is 0 Å². The molecule has 2 aliphatic rings. The van der Waals surface area contributed by atoms with Crippen LogP contribution in [0.25, 0.3) is 0 Å². The first-order chi connectivity index (χ1) is 9.52. The first kappa shape index (κ1) is 13.4. The lowest BCUT2D eigenvalue weighted by Gasteiger charge is -2.34. The number of alkyl halides is 2. The third-order valence-electron chi connectivity index (χ3n) is 3.68. The molecule has 2 heterocycles. The summed E-state index contributed by atoms with van der Waals surface area (Å²) in [6, 6.07) is 2.26. The Morgan fingerprint density at radius 3 is 2.50 bits per heavy atom. The molecular weight excluding hydrogens is 273 g/mol. The minimum absolute atomic E-state index is 0.123. The number of nitrogens with two attached hydrogens (primary N) is 1. The fourth-order valence-corrected chi connectivity index (χ4v) is 2.83. The molecule has 4 nitrogen and oxygen atoms in total. The van der Waals surface area contributed by atoms with Crippen molar-refractivity contribution in [3.8, 4) is 5.75 Å². The highest BCUT2D eigenvalue weighted by atomic mass is 19.3. The highest BCUT2D eigenvalue weighted by molar-refractivity contribution is 5.70. The fraction of sp³-hybridized carbons (Fsp3) is 0.538. The van der Waals surface area contributed by atoms with E-state index in [-0.39, 0.29) is 17.9 Å². The van der Waals surface area contributed by atoms with E-state index in [4.69, 9.17) is 10.5 Å². The van der Waals surface area contributed by atoms with E-state index < -0.39 is 18.2 Å². The summed E-state index contributed by atoms with van der Waals surface area (Å²) in [6.07, 6.45) is 2.20. The molecule has 1 aromatic rings. The summed E-state index contributed by atoms with van der Waals surface area (Å²) in [5.74, 6) is -1.37. The van der Waals surface area contributed by atoms with Gasteiger partial charge in [-0.1, -0.05) is 0 Å².